The molecule has 0 bridgehead atoms. The number of rotatable bonds is 5. The highest BCUT2D eigenvalue weighted by molar-refractivity contribution is 5.29. The Morgan fingerprint density at radius 2 is 2.11 bits per heavy atom. The van der Waals surface area contributed by atoms with Crippen LogP contribution in [0.2, 0.25) is 0 Å². The second-order valence-corrected chi connectivity index (χ2v) is 6.26. The Labute approximate surface area is 110 Å². The standard InChI is InChI=1S/C16H24FN/c1-5-8-18-15(13-10-16(13,3)4)12-9-11(2)6-7-14(12)17/h6-7,9,13,15,18H,5,8,10H2,1-4H3. The van der Waals surface area contributed by atoms with Gasteiger partial charge < -0.3 is 5.32 Å². The van der Waals surface area contributed by atoms with E-state index in [-0.39, 0.29) is 11.9 Å². The van der Waals surface area contributed by atoms with Gasteiger partial charge in [0, 0.05) is 11.6 Å². The fraction of sp³-hybridized carbons (Fsp3) is 0.625. The number of halogens is 1. The molecule has 1 aromatic rings. The second kappa shape index (κ2) is 5.00. The van der Waals surface area contributed by atoms with E-state index < -0.39 is 0 Å². The van der Waals surface area contributed by atoms with Gasteiger partial charge in [0.2, 0.25) is 0 Å². The van der Waals surface area contributed by atoms with E-state index in [2.05, 4.69) is 26.1 Å². The Bertz CT molecular complexity index is 425. The molecule has 100 valence electrons. The predicted octanol–water partition coefficient (Wildman–Crippen LogP) is 4.22. The maximum Gasteiger partial charge on any atom is 0.128 e. The first kappa shape index (κ1) is 13.5. The van der Waals surface area contributed by atoms with Crippen molar-refractivity contribution in [2.24, 2.45) is 11.3 Å². The van der Waals surface area contributed by atoms with Gasteiger partial charge in [0.05, 0.1) is 0 Å². The maximum absolute atomic E-state index is 14.0. The first-order valence-electron chi connectivity index (χ1n) is 6.95. The summed E-state index contributed by atoms with van der Waals surface area (Å²) < 4.78 is 14.0. The summed E-state index contributed by atoms with van der Waals surface area (Å²) >= 11 is 0. The van der Waals surface area contributed by atoms with Crippen molar-refractivity contribution in [3.05, 3.63) is 35.1 Å². The summed E-state index contributed by atoms with van der Waals surface area (Å²) in [5, 5.41) is 3.53. The molecule has 0 aliphatic heterocycles. The third-order valence-corrected chi connectivity index (χ3v) is 4.09. The summed E-state index contributed by atoms with van der Waals surface area (Å²) in [5.41, 5.74) is 2.33. The van der Waals surface area contributed by atoms with Crippen LogP contribution >= 0.6 is 0 Å². The first-order valence-corrected chi connectivity index (χ1v) is 6.95. The highest BCUT2D eigenvalue weighted by atomic mass is 19.1. The van der Waals surface area contributed by atoms with Gasteiger partial charge in [-0.05, 0) is 43.7 Å². The van der Waals surface area contributed by atoms with Crippen LogP contribution in [0, 0.1) is 24.1 Å². The quantitative estimate of drug-likeness (QED) is 0.823. The molecule has 2 unspecified atom stereocenters. The van der Waals surface area contributed by atoms with E-state index in [1.165, 1.54) is 6.42 Å². The highest BCUT2D eigenvalue weighted by Gasteiger charge is 2.50. The Kier molecular flexibility index (Phi) is 3.76. The third kappa shape index (κ3) is 2.74. The molecule has 1 aliphatic carbocycles. The van der Waals surface area contributed by atoms with Crippen molar-refractivity contribution < 1.29 is 4.39 Å². The van der Waals surface area contributed by atoms with Crippen LogP contribution in [0.25, 0.3) is 0 Å². The molecule has 1 fully saturated rings. The van der Waals surface area contributed by atoms with E-state index in [1.807, 2.05) is 19.1 Å². The van der Waals surface area contributed by atoms with Gasteiger partial charge in [0.25, 0.3) is 0 Å². The van der Waals surface area contributed by atoms with Gasteiger partial charge in [-0.15, -0.1) is 0 Å². The lowest BCUT2D eigenvalue weighted by atomic mass is 9.95. The summed E-state index contributed by atoms with van der Waals surface area (Å²) in [6, 6.07) is 5.60. The molecule has 2 atom stereocenters. The molecule has 2 heteroatoms. The Hall–Kier alpha value is -0.890. The lowest BCUT2D eigenvalue weighted by molar-refractivity contribution is 0.402. The highest BCUT2D eigenvalue weighted by Crippen LogP contribution is 2.57. The average molecular weight is 249 g/mol. The Morgan fingerprint density at radius 1 is 1.44 bits per heavy atom. The minimum absolute atomic E-state index is 0.0723. The van der Waals surface area contributed by atoms with E-state index in [0.29, 0.717) is 11.3 Å². The molecule has 2 rings (SSSR count). The Balaban J connectivity index is 2.25. The van der Waals surface area contributed by atoms with E-state index >= 15 is 0 Å². The zero-order valence-electron chi connectivity index (χ0n) is 11.9. The normalized spacial score (nSPS) is 22.8. The molecule has 0 aromatic heterocycles. The molecule has 1 N–H and O–H groups in total. The van der Waals surface area contributed by atoms with Crippen molar-refractivity contribution >= 4 is 0 Å². The van der Waals surface area contributed by atoms with Gasteiger partial charge >= 0.3 is 0 Å². The van der Waals surface area contributed by atoms with Gasteiger partial charge in [-0.1, -0.05) is 38.5 Å². The molecule has 1 saturated carbocycles. The molecule has 1 nitrogen and oxygen atoms in total. The van der Waals surface area contributed by atoms with Crippen LogP contribution in [-0.4, -0.2) is 6.54 Å². The van der Waals surface area contributed by atoms with Crippen LogP contribution in [0.3, 0.4) is 0 Å². The second-order valence-electron chi connectivity index (χ2n) is 6.26. The molecule has 0 heterocycles. The van der Waals surface area contributed by atoms with Crippen molar-refractivity contribution in [1.29, 1.82) is 0 Å². The molecular weight excluding hydrogens is 225 g/mol. The third-order valence-electron chi connectivity index (χ3n) is 4.09. The smallest absolute Gasteiger partial charge is 0.128 e. The lowest BCUT2D eigenvalue weighted by Gasteiger charge is -2.22. The zero-order valence-corrected chi connectivity index (χ0v) is 11.9. The van der Waals surface area contributed by atoms with Gasteiger partial charge in [-0.25, -0.2) is 4.39 Å². The fourth-order valence-electron chi connectivity index (χ4n) is 2.75. The van der Waals surface area contributed by atoms with Gasteiger partial charge in [0.1, 0.15) is 5.82 Å². The summed E-state index contributed by atoms with van der Waals surface area (Å²) in [6.45, 7) is 9.66. The van der Waals surface area contributed by atoms with Crippen molar-refractivity contribution in [3.63, 3.8) is 0 Å². The number of benzene rings is 1. The van der Waals surface area contributed by atoms with Crippen molar-refractivity contribution in [2.45, 2.75) is 46.6 Å². The summed E-state index contributed by atoms with van der Waals surface area (Å²) in [4.78, 5) is 0. The lowest BCUT2D eigenvalue weighted by Crippen LogP contribution is -2.26. The van der Waals surface area contributed by atoms with Crippen LogP contribution < -0.4 is 5.32 Å². The minimum Gasteiger partial charge on any atom is -0.310 e. The average Bonchev–Trinajstić information content (AvgIpc) is 2.93. The largest absolute Gasteiger partial charge is 0.310 e. The fourth-order valence-corrected chi connectivity index (χ4v) is 2.75. The molecule has 0 radical (unpaired) electrons. The molecule has 18 heavy (non-hydrogen) atoms. The topological polar surface area (TPSA) is 12.0 Å². The molecular formula is C16H24FN. The van der Waals surface area contributed by atoms with Gasteiger partial charge in [0.15, 0.2) is 0 Å². The van der Waals surface area contributed by atoms with E-state index in [0.717, 1.165) is 24.1 Å². The molecule has 0 amide bonds. The van der Waals surface area contributed by atoms with Crippen molar-refractivity contribution in [1.82, 2.24) is 5.32 Å². The van der Waals surface area contributed by atoms with E-state index in [9.17, 15) is 4.39 Å². The molecule has 1 aromatic carbocycles. The van der Waals surface area contributed by atoms with Crippen LogP contribution in [0.5, 0.6) is 0 Å². The van der Waals surface area contributed by atoms with E-state index in [4.69, 9.17) is 0 Å². The maximum atomic E-state index is 14.0. The first-order chi connectivity index (χ1) is 8.45. The van der Waals surface area contributed by atoms with Crippen LogP contribution in [-0.2, 0) is 0 Å². The molecule has 1 aliphatic rings. The van der Waals surface area contributed by atoms with E-state index in [1.54, 1.807) is 6.07 Å². The summed E-state index contributed by atoms with van der Waals surface area (Å²) in [6.07, 6.45) is 2.26. The van der Waals surface area contributed by atoms with Gasteiger partial charge in [-0.2, -0.15) is 0 Å². The minimum atomic E-state index is -0.0723. The molecule has 0 saturated heterocycles. The predicted molar refractivity (Wildman–Crippen MR) is 74.1 cm³/mol. The Morgan fingerprint density at radius 3 is 2.67 bits per heavy atom. The van der Waals surface area contributed by atoms with Crippen LogP contribution in [0.1, 0.15) is 50.8 Å². The van der Waals surface area contributed by atoms with Crippen molar-refractivity contribution in [3.8, 4) is 0 Å². The number of nitrogens with one attached hydrogen (secondary N) is 1. The summed E-state index contributed by atoms with van der Waals surface area (Å²) in [7, 11) is 0. The van der Waals surface area contributed by atoms with Crippen molar-refractivity contribution in [2.75, 3.05) is 6.54 Å². The van der Waals surface area contributed by atoms with Crippen LogP contribution in [0.4, 0.5) is 4.39 Å². The number of hydrogen-bond acceptors (Lipinski definition) is 1. The SMILES string of the molecule is CCCNC(c1cc(C)ccc1F)C1CC1(C)C. The monoisotopic (exact) mass is 249 g/mol. The zero-order chi connectivity index (χ0) is 13.3. The molecule has 0 spiro atoms. The van der Waals surface area contributed by atoms with Gasteiger partial charge in [-0.3, -0.25) is 0 Å². The van der Waals surface area contributed by atoms with Crippen LogP contribution in [0.15, 0.2) is 18.2 Å². The summed E-state index contributed by atoms with van der Waals surface area (Å²) in [5.74, 6) is 0.484. The number of hydrogen-bond donors (Lipinski definition) is 1. The number of aryl methyl sites for hydroxylation is 1.